The Morgan fingerprint density at radius 3 is 2.62 bits per heavy atom. The third-order valence-electron chi connectivity index (χ3n) is 3.28. The normalized spacial score (nSPS) is 25.3. The van der Waals surface area contributed by atoms with E-state index in [0.717, 1.165) is 11.3 Å². The molecular weight excluding hydrogens is 216 g/mol. The first-order valence-corrected chi connectivity index (χ1v) is 6.87. The number of rotatable bonds is 0. The molecule has 2 rings (SSSR count). The highest BCUT2D eigenvalue weighted by atomic mass is 32.2. The van der Waals surface area contributed by atoms with Gasteiger partial charge in [-0.15, -0.1) is 0 Å². The zero-order valence-corrected chi connectivity index (χ0v) is 11.3. The summed E-state index contributed by atoms with van der Waals surface area (Å²) in [5.74, 6) is 1.03. The lowest BCUT2D eigenvalue weighted by Crippen LogP contribution is -2.20. The van der Waals surface area contributed by atoms with Crippen LogP contribution in [-0.2, 0) is 11.2 Å². The Labute approximate surface area is 102 Å². The summed E-state index contributed by atoms with van der Waals surface area (Å²) in [5.41, 5.74) is 3.90. The zero-order valence-electron chi connectivity index (χ0n) is 10.4. The van der Waals surface area contributed by atoms with Crippen LogP contribution in [0.25, 0.3) is 0 Å². The van der Waals surface area contributed by atoms with Crippen LogP contribution in [0.1, 0.15) is 50.5 Å². The smallest absolute Gasteiger partial charge is 0.0909 e. The van der Waals surface area contributed by atoms with Gasteiger partial charge in [0.1, 0.15) is 0 Å². The van der Waals surface area contributed by atoms with Crippen LogP contribution in [0.3, 0.4) is 0 Å². The molecule has 1 N–H and O–H groups in total. The fourth-order valence-electron chi connectivity index (χ4n) is 2.03. The molecule has 0 bridgehead atoms. The minimum absolute atomic E-state index is 0.155. The molecular formula is C14H20OS. The molecule has 0 fully saturated rings. The number of aliphatic hydroxyl groups excluding tert-OH is 1. The SMILES string of the molecule is CC1SCc2ccc(C(C)(C)C)cc2C1O. The molecule has 1 nitrogen and oxygen atoms in total. The van der Waals surface area contributed by atoms with Gasteiger partial charge in [-0.25, -0.2) is 0 Å². The highest BCUT2D eigenvalue weighted by Gasteiger charge is 2.26. The number of benzene rings is 1. The summed E-state index contributed by atoms with van der Waals surface area (Å²) in [5, 5.41) is 10.5. The maximum absolute atomic E-state index is 10.2. The van der Waals surface area contributed by atoms with Gasteiger partial charge in [0.15, 0.2) is 0 Å². The Balaban J connectivity index is 2.45. The van der Waals surface area contributed by atoms with Crippen molar-refractivity contribution in [1.29, 1.82) is 0 Å². The van der Waals surface area contributed by atoms with Crippen LogP contribution in [0.5, 0.6) is 0 Å². The lowest BCUT2D eigenvalue weighted by atomic mass is 9.84. The Bertz CT molecular complexity index is 392. The van der Waals surface area contributed by atoms with Crippen LogP contribution in [-0.4, -0.2) is 10.4 Å². The standard InChI is InChI=1S/C14H20OS/c1-9-13(15)12-7-11(14(2,3)4)6-5-10(12)8-16-9/h5-7,9,13,15H,8H2,1-4H3. The van der Waals surface area contributed by atoms with E-state index < -0.39 is 0 Å². The number of hydrogen-bond donors (Lipinski definition) is 1. The Kier molecular flexibility index (Phi) is 3.06. The van der Waals surface area contributed by atoms with Crippen molar-refractivity contribution in [3.05, 3.63) is 34.9 Å². The molecule has 0 saturated carbocycles. The topological polar surface area (TPSA) is 20.2 Å². The van der Waals surface area contributed by atoms with Crippen molar-refractivity contribution in [3.8, 4) is 0 Å². The maximum atomic E-state index is 10.2. The number of aliphatic hydroxyl groups is 1. The van der Waals surface area contributed by atoms with Crippen LogP contribution in [0.15, 0.2) is 18.2 Å². The summed E-state index contributed by atoms with van der Waals surface area (Å²) in [4.78, 5) is 0. The van der Waals surface area contributed by atoms with Crippen molar-refractivity contribution in [1.82, 2.24) is 0 Å². The number of thioether (sulfide) groups is 1. The predicted molar refractivity (Wildman–Crippen MR) is 70.9 cm³/mol. The van der Waals surface area contributed by atoms with Crippen molar-refractivity contribution in [2.75, 3.05) is 0 Å². The molecule has 0 aromatic heterocycles. The zero-order chi connectivity index (χ0) is 11.9. The van der Waals surface area contributed by atoms with E-state index in [1.165, 1.54) is 11.1 Å². The fraction of sp³-hybridized carbons (Fsp3) is 0.571. The van der Waals surface area contributed by atoms with Crippen molar-refractivity contribution < 1.29 is 5.11 Å². The molecule has 0 radical (unpaired) electrons. The molecule has 0 aliphatic carbocycles. The summed E-state index contributed by atoms with van der Waals surface area (Å²) in [6.07, 6.45) is -0.309. The predicted octanol–water partition coefficient (Wildman–Crippen LogP) is 3.65. The highest BCUT2D eigenvalue weighted by molar-refractivity contribution is 7.99. The minimum atomic E-state index is -0.309. The molecule has 16 heavy (non-hydrogen) atoms. The van der Waals surface area contributed by atoms with Gasteiger partial charge in [-0.2, -0.15) is 11.8 Å². The molecule has 1 heterocycles. The molecule has 0 amide bonds. The van der Waals surface area contributed by atoms with Gasteiger partial charge in [0, 0.05) is 11.0 Å². The van der Waals surface area contributed by atoms with Gasteiger partial charge >= 0.3 is 0 Å². The van der Waals surface area contributed by atoms with Gasteiger partial charge in [0.05, 0.1) is 6.10 Å². The van der Waals surface area contributed by atoms with Crippen LogP contribution < -0.4 is 0 Å². The average Bonchev–Trinajstić information content (AvgIpc) is 2.22. The van der Waals surface area contributed by atoms with Crippen molar-refractivity contribution in [2.45, 2.75) is 50.2 Å². The summed E-state index contributed by atoms with van der Waals surface area (Å²) in [7, 11) is 0. The van der Waals surface area contributed by atoms with E-state index in [-0.39, 0.29) is 11.5 Å². The molecule has 1 aliphatic rings. The highest BCUT2D eigenvalue weighted by Crippen LogP contribution is 2.39. The van der Waals surface area contributed by atoms with Crippen LogP contribution >= 0.6 is 11.8 Å². The summed E-state index contributed by atoms with van der Waals surface area (Å²) in [6, 6.07) is 6.57. The third kappa shape index (κ3) is 2.14. The second-order valence-corrected chi connectivity index (χ2v) is 6.99. The average molecular weight is 236 g/mol. The maximum Gasteiger partial charge on any atom is 0.0909 e. The quantitative estimate of drug-likeness (QED) is 0.742. The van der Waals surface area contributed by atoms with E-state index >= 15 is 0 Å². The Morgan fingerprint density at radius 1 is 1.31 bits per heavy atom. The molecule has 2 atom stereocenters. The van der Waals surface area contributed by atoms with Crippen LogP contribution in [0, 0.1) is 0 Å². The van der Waals surface area contributed by atoms with Crippen molar-refractivity contribution in [3.63, 3.8) is 0 Å². The van der Waals surface area contributed by atoms with Gasteiger partial charge in [-0.1, -0.05) is 45.9 Å². The Morgan fingerprint density at radius 2 is 2.00 bits per heavy atom. The molecule has 0 spiro atoms. The first-order chi connectivity index (χ1) is 7.39. The molecule has 0 saturated heterocycles. The number of fused-ring (bicyclic) bond motifs is 1. The summed E-state index contributed by atoms with van der Waals surface area (Å²) in [6.45, 7) is 8.73. The van der Waals surface area contributed by atoms with Crippen molar-refractivity contribution >= 4 is 11.8 Å². The molecule has 1 aliphatic heterocycles. The van der Waals surface area contributed by atoms with Gasteiger partial charge < -0.3 is 5.11 Å². The second-order valence-electron chi connectivity index (χ2n) is 5.62. The van der Waals surface area contributed by atoms with E-state index in [4.69, 9.17) is 0 Å². The second kappa shape index (κ2) is 4.08. The Hall–Kier alpha value is -0.470. The number of hydrogen-bond acceptors (Lipinski definition) is 2. The summed E-state index contributed by atoms with van der Waals surface area (Å²) < 4.78 is 0. The minimum Gasteiger partial charge on any atom is -0.387 e. The molecule has 2 heteroatoms. The monoisotopic (exact) mass is 236 g/mol. The molecule has 2 unspecified atom stereocenters. The van der Waals surface area contributed by atoms with E-state index in [2.05, 4.69) is 45.9 Å². The fourth-order valence-corrected chi connectivity index (χ4v) is 3.07. The lowest BCUT2D eigenvalue weighted by molar-refractivity contribution is 0.176. The van der Waals surface area contributed by atoms with Gasteiger partial charge in [0.25, 0.3) is 0 Å². The van der Waals surface area contributed by atoms with Crippen LogP contribution in [0.4, 0.5) is 0 Å². The third-order valence-corrected chi connectivity index (χ3v) is 4.54. The van der Waals surface area contributed by atoms with E-state index in [1.54, 1.807) is 0 Å². The van der Waals surface area contributed by atoms with Gasteiger partial charge in [-0.05, 0) is 22.1 Å². The molecule has 1 aromatic rings. The first-order valence-electron chi connectivity index (χ1n) is 5.82. The van der Waals surface area contributed by atoms with Crippen LogP contribution in [0.2, 0.25) is 0 Å². The molecule has 1 aromatic carbocycles. The molecule has 88 valence electrons. The van der Waals surface area contributed by atoms with Gasteiger partial charge in [-0.3, -0.25) is 0 Å². The summed E-state index contributed by atoms with van der Waals surface area (Å²) >= 11 is 1.83. The largest absolute Gasteiger partial charge is 0.387 e. The van der Waals surface area contributed by atoms with E-state index in [0.29, 0.717) is 5.25 Å². The van der Waals surface area contributed by atoms with E-state index in [9.17, 15) is 5.11 Å². The lowest BCUT2D eigenvalue weighted by Gasteiger charge is -2.29. The van der Waals surface area contributed by atoms with Gasteiger partial charge in [0.2, 0.25) is 0 Å². The van der Waals surface area contributed by atoms with E-state index in [1.807, 2.05) is 11.8 Å². The van der Waals surface area contributed by atoms with Crippen molar-refractivity contribution in [2.24, 2.45) is 0 Å². The first kappa shape index (κ1) is 12.0.